The van der Waals surface area contributed by atoms with Crippen molar-refractivity contribution in [2.45, 2.75) is 38.9 Å². The molecule has 3 rings (SSSR count). The average molecular weight is 397 g/mol. The minimum Gasteiger partial charge on any atom is -0.455 e. The summed E-state index contributed by atoms with van der Waals surface area (Å²) in [5.74, 6) is 1.54. The number of rotatable bonds is 7. The Morgan fingerprint density at radius 2 is 1.86 bits per heavy atom. The van der Waals surface area contributed by atoms with Gasteiger partial charge in [0.2, 0.25) is 5.91 Å². The lowest BCUT2D eigenvalue weighted by Gasteiger charge is -2.15. The molecule has 28 heavy (non-hydrogen) atoms. The molecule has 0 atom stereocenters. The number of anilines is 1. The van der Waals surface area contributed by atoms with Crippen LogP contribution < -0.4 is 10.1 Å². The minimum absolute atomic E-state index is 0.124. The third kappa shape index (κ3) is 4.72. The molecule has 0 saturated heterocycles. The second kappa shape index (κ2) is 8.93. The lowest BCUT2D eigenvalue weighted by molar-refractivity contribution is -0.113. The summed E-state index contributed by atoms with van der Waals surface area (Å²) in [4.78, 5) is 12.5. The van der Waals surface area contributed by atoms with Crippen molar-refractivity contribution in [1.29, 1.82) is 0 Å². The highest BCUT2D eigenvalue weighted by atomic mass is 32.2. The number of aryl methyl sites for hydroxylation is 2. The summed E-state index contributed by atoms with van der Waals surface area (Å²) in [6, 6.07) is 13.7. The van der Waals surface area contributed by atoms with Gasteiger partial charge in [-0.2, -0.15) is 0 Å². The van der Waals surface area contributed by atoms with Gasteiger partial charge in [0, 0.05) is 6.04 Å². The Hall–Kier alpha value is -2.80. The maximum Gasteiger partial charge on any atom is 0.234 e. The SMILES string of the molecule is Cc1cccc(C)c1Oc1ccccc1NC(=O)CSc1nncn1C(C)C. The van der Waals surface area contributed by atoms with Crippen LogP contribution in [0.2, 0.25) is 0 Å². The Balaban J connectivity index is 1.69. The number of hydrogen-bond donors (Lipinski definition) is 1. The van der Waals surface area contributed by atoms with Crippen molar-refractivity contribution >= 4 is 23.4 Å². The van der Waals surface area contributed by atoms with Crippen LogP contribution in [0.5, 0.6) is 11.5 Å². The molecule has 1 aromatic heterocycles. The lowest BCUT2D eigenvalue weighted by atomic mass is 10.1. The fraction of sp³-hybridized carbons (Fsp3) is 0.286. The third-order valence-electron chi connectivity index (χ3n) is 4.21. The number of hydrogen-bond acceptors (Lipinski definition) is 5. The Bertz CT molecular complexity index is 948. The number of nitrogens with one attached hydrogen (secondary N) is 1. The molecule has 6 nitrogen and oxygen atoms in total. The number of carbonyl (C=O) groups excluding carboxylic acids is 1. The van der Waals surface area contributed by atoms with Gasteiger partial charge in [0.15, 0.2) is 10.9 Å². The highest BCUT2D eigenvalue weighted by Gasteiger charge is 2.13. The van der Waals surface area contributed by atoms with E-state index in [0.29, 0.717) is 11.4 Å². The molecule has 1 amide bonds. The van der Waals surface area contributed by atoms with Crippen molar-refractivity contribution in [3.8, 4) is 11.5 Å². The summed E-state index contributed by atoms with van der Waals surface area (Å²) < 4.78 is 8.07. The third-order valence-corrected chi connectivity index (χ3v) is 5.17. The van der Waals surface area contributed by atoms with Gasteiger partial charge in [-0.15, -0.1) is 10.2 Å². The first kappa shape index (κ1) is 19.9. The van der Waals surface area contributed by atoms with Crippen LogP contribution in [0.25, 0.3) is 0 Å². The smallest absolute Gasteiger partial charge is 0.234 e. The van der Waals surface area contributed by atoms with Gasteiger partial charge >= 0.3 is 0 Å². The van der Waals surface area contributed by atoms with Crippen molar-refractivity contribution in [3.05, 3.63) is 59.9 Å². The Morgan fingerprint density at radius 3 is 2.57 bits per heavy atom. The van der Waals surface area contributed by atoms with Gasteiger partial charge in [-0.1, -0.05) is 42.1 Å². The zero-order valence-electron chi connectivity index (χ0n) is 16.5. The quantitative estimate of drug-likeness (QED) is 0.569. The summed E-state index contributed by atoms with van der Waals surface area (Å²) in [6.45, 7) is 8.11. The first-order valence-electron chi connectivity index (χ1n) is 9.11. The molecular weight excluding hydrogens is 372 g/mol. The van der Waals surface area contributed by atoms with E-state index in [4.69, 9.17) is 4.74 Å². The van der Waals surface area contributed by atoms with Gasteiger partial charge in [-0.05, 0) is 51.0 Å². The molecule has 1 N–H and O–H groups in total. The standard InChI is InChI=1S/C21H24N4O2S/c1-14(2)25-13-22-24-21(25)28-12-19(26)23-17-10-5-6-11-18(17)27-20-15(3)8-7-9-16(20)4/h5-11,13-14H,12H2,1-4H3,(H,23,26). The average Bonchev–Trinajstić information content (AvgIpc) is 3.13. The van der Waals surface area contributed by atoms with Crippen molar-refractivity contribution in [1.82, 2.24) is 14.8 Å². The zero-order valence-corrected chi connectivity index (χ0v) is 17.3. The van der Waals surface area contributed by atoms with Crippen LogP contribution in [0.1, 0.15) is 31.0 Å². The van der Waals surface area contributed by atoms with Crippen LogP contribution in [0.3, 0.4) is 0 Å². The first-order chi connectivity index (χ1) is 13.5. The van der Waals surface area contributed by atoms with E-state index in [1.54, 1.807) is 6.33 Å². The van der Waals surface area contributed by atoms with E-state index in [0.717, 1.165) is 22.0 Å². The molecule has 146 valence electrons. The monoisotopic (exact) mass is 396 g/mol. The van der Waals surface area contributed by atoms with Crippen molar-refractivity contribution < 1.29 is 9.53 Å². The van der Waals surface area contributed by atoms with Crippen LogP contribution in [-0.2, 0) is 4.79 Å². The maximum absolute atomic E-state index is 12.5. The van der Waals surface area contributed by atoms with E-state index in [2.05, 4.69) is 29.4 Å². The molecule has 0 fully saturated rings. The fourth-order valence-electron chi connectivity index (χ4n) is 2.73. The van der Waals surface area contributed by atoms with E-state index in [1.807, 2.05) is 60.9 Å². The summed E-state index contributed by atoms with van der Waals surface area (Å²) >= 11 is 1.36. The molecule has 2 aromatic carbocycles. The summed E-state index contributed by atoms with van der Waals surface area (Å²) in [7, 11) is 0. The number of aromatic nitrogens is 3. The van der Waals surface area contributed by atoms with E-state index < -0.39 is 0 Å². The van der Waals surface area contributed by atoms with E-state index in [9.17, 15) is 4.79 Å². The van der Waals surface area contributed by atoms with Crippen molar-refractivity contribution in [2.75, 3.05) is 11.1 Å². The number of para-hydroxylation sites is 3. The number of benzene rings is 2. The number of nitrogens with zero attached hydrogens (tertiary/aromatic N) is 3. The van der Waals surface area contributed by atoms with Gasteiger partial charge in [0.05, 0.1) is 11.4 Å². The number of ether oxygens (including phenoxy) is 1. The largest absolute Gasteiger partial charge is 0.455 e. The topological polar surface area (TPSA) is 69.0 Å². The predicted octanol–water partition coefficient (Wildman–Crippen LogP) is 5.00. The number of amides is 1. The summed E-state index contributed by atoms with van der Waals surface area (Å²) in [5, 5.41) is 11.7. The van der Waals surface area contributed by atoms with Gasteiger partial charge in [-0.3, -0.25) is 4.79 Å². The molecule has 0 radical (unpaired) electrons. The van der Waals surface area contributed by atoms with Crippen LogP contribution in [0.4, 0.5) is 5.69 Å². The van der Waals surface area contributed by atoms with Gasteiger partial charge in [0.1, 0.15) is 12.1 Å². The molecule has 0 aliphatic carbocycles. The molecule has 0 saturated carbocycles. The minimum atomic E-state index is -0.124. The Labute approximate surface area is 169 Å². The van der Waals surface area contributed by atoms with Gasteiger partial charge < -0.3 is 14.6 Å². The van der Waals surface area contributed by atoms with E-state index in [1.165, 1.54) is 11.8 Å². The van der Waals surface area contributed by atoms with Gasteiger partial charge in [-0.25, -0.2) is 0 Å². The zero-order chi connectivity index (χ0) is 20.1. The summed E-state index contributed by atoms with van der Waals surface area (Å²) in [5.41, 5.74) is 2.73. The maximum atomic E-state index is 12.5. The highest BCUT2D eigenvalue weighted by molar-refractivity contribution is 7.99. The second-order valence-electron chi connectivity index (χ2n) is 6.77. The van der Waals surface area contributed by atoms with E-state index in [-0.39, 0.29) is 17.7 Å². The van der Waals surface area contributed by atoms with Crippen LogP contribution in [0.15, 0.2) is 53.9 Å². The first-order valence-corrected chi connectivity index (χ1v) is 10.1. The second-order valence-corrected chi connectivity index (χ2v) is 7.71. The predicted molar refractivity (Wildman–Crippen MR) is 112 cm³/mol. The van der Waals surface area contributed by atoms with Crippen LogP contribution >= 0.6 is 11.8 Å². The molecule has 0 unspecified atom stereocenters. The summed E-state index contributed by atoms with van der Waals surface area (Å²) in [6.07, 6.45) is 1.68. The number of carbonyl (C=O) groups is 1. The number of thioether (sulfide) groups is 1. The fourth-order valence-corrected chi connectivity index (χ4v) is 3.58. The molecule has 0 aliphatic heterocycles. The van der Waals surface area contributed by atoms with E-state index >= 15 is 0 Å². The normalized spacial score (nSPS) is 10.9. The molecule has 0 aliphatic rings. The van der Waals surface area contributed by atoms with Crippen molar-refractivity contribution in [2.24, 2.45) is 0 Å². The molecule has 7 heteroatoms. The Kier molecular flexibility index (Phi) is 6.36. The molecular formula is C21H24N4O2S. The molecule has 3 aromatic rings. The molecule has 1 heterocycles. The lowest BCUT2D eigenvalue weighted by Crippen LogP contribution is -2.15. The van der Waals surface area contributed by atoms with Crippen molar-refractivity contribution in [3.63, 3.8) is 0 Å². The van der Waals surface area contributed by atoms with Crippen LogP contribution in [-0.4, -0.2) is 26.4 Å². The van der Waals surface area contributed by atoms with Gasteiger partial charge in [0.25, 0.3) is 0 Å². The molecule has 0 spiro atoms. The highest BCUT2D eigenvalue weighted by Crippen LogP contribution is 2.33. The van der Waals surface area contributed by atoms with Crippen LogP contribution in [0, 0.1) is 13.8 Å². The molecule has 0 bridgehead atoms. The Morgan fingerprint density at radius 1 is 1.14 bits per heavy atom.